The molecule has 1 atom stereocenters. The Morgan fingerprint density at radius 2 is 1.43 bits per heavy atom. The van der Waals surface area contributed by atoms with Crippen molar-refractivity contribution in [3.63, 3.8) is 0 Å². The van der Waals surface area contributed by atoms with Crippen molar-refractivity contribution in [2.75, 3.05) is 11.9 Å². The van der Waals surface area contributed by atoms with Gasteiger partial charge in [-0.15, -0.1) is 0 Å². The Morgan fingerprint density at radius 3 is 2.03 bits per heavy atom. The minimum Gasteiger partial charge on any atom is -0.494 e. The highest BCUT2D eigenvalue weighted by molar-refractivity contribution is 6.02. The SMILES string of the molecule is CCCCCCCCCCCCCCOc1ccc(C2NC(=O)c3ccc([N+](=O)[O-])cc3N2)cc1. The van der Waals surface area contributed by atoms with E-state index < -0.39 is 11.1 Å². The van der Waals surface area contributed by atoms with E-state index in [0.29, 0.717) is 17.9 Å². The molecule has 2 aromatic carbocycles. The Balaban J connectivity index is 1.32. The van der Waals surface area contributed by atoms with Crippen LogP contribution in [0.25, 0.3) is 0 Å². The topological polar surface area (TPSA) is 93.5 Å². The molecular weight excluding hydrogens is 442 g/mol. The number of carbonyl (C=O) groups excluding carboxylic acids is 1. The third-order valence-corrected chi connectivity index (χ3v) is 6.51. The van der Waals surface area contributed by atoms with Gasteiger partial charge in [0.05, 0.1) is 22.8 Å². The van der Waals surface area contributed by atoms with E-state index >= 15 is 0 Å². The maximum atomic E-state index is 12.4. The molecule has 3 rings (SSSR count). The highest BCUT2D eigenvalue weighted by Crippen LogP contribution is 2.30. The predicted molar refractivity (Wildman–Crippen MR) is 140 cm³/mol. The largest absolute Gasteiger partial charge is 0.494 e. The number of benzene rings is 2. The number of carbonyl (C=O) groups is 1. The molecule has 2 aromatic rings. The zero-order valence-electron chi connectivity index (χ0n) is 20.9. The van der Waals surface area contributed by atoms with E-state index in [9.17, 15) is 14.9 Å². The second-order valence-corrected chi connectivity index (χ2v) is 9.34. The first-order chi connectivity index (χ1) is 17.1. The van der Waals surface area contributed by atoms with E-state index in [1.807, 2.05) is 24.3 Å². The van der Waals surface area contributed by atoms with Gasteiger partial charge in [0.1, 0.15) is 11.9 Å². The highest BCUT2D eigenvalue weighted by atomic mass is 16.6. The van der Waals surface area contributed by atoms with Crippen molar-refractivity contribution in [2.45, 2.75) is 90.1 Å². The van der Waals surface area contributed by atoms with E-state index in [1.54, 1.807) is 0 Å². The Morgan fingerprint density at radius 1 is 0.829 bits per heavy atom. The minimum atomic E-state index is -0.466. The highest BCUT2D eigenvalue weighted by Gasteiger charge is 2.26. The molecule has 0 aliphatic carbocycles. The number of amides is 1. The van der Waals surface area contributed by atoms with Gasteiger partial charge in [0.25, 0.3) is 11.6 Å². The fourth-order valence-corrected chi connectivity index (χ4v) is 4.42. The molecule has 190 valence electrons. The molecule has 0 saturated heterocycles. The third-order valence-electron chi connectivity index (χ3n) is 6.51. The summed E-state index contributed by atoms with van der Waals surface area (Å²) in [6.45, 7) is 2.96. The summed E-state index contributed by atoms with van der Waals surface area (Å²) in [5.74, 6) is 0.543. The van der Waals surface area contributed by atoms with Crippen LogP contribution in [0.15, 0.2) is 42.5 Å². The summed E-state index contributed by atoms with van der Waals surface area (Å²) in [5, 5.41) is 17.1. The molecule has 1 aliphatic heterocycles. The number of hydrogen-bond donors (Lipinski definition) is 2. The van der Waals surface area contributed by atoms with Crippen molar-refractivity contribution in [1.29, 1.82) is 0 Å². The van der Waals surface area contributed by atoms with Crippen LogP contribution in [0, 0.1) is 10.1 Å². The number of nitrogens with zero attached hydrogens (tertiary/aromatic N) is 1. The standard InChI is InChI=1S/C28H39N3O4/c1-2-3-4-5-6-7-8-9-10-11-12-13-20-35-24-17-14-22(15-18-24)27-29-26-21-23(31(33)34)16-19-25(26)28(32)30-27/h14-19,21,27,29H,2-13,20H2,1H3,(H,30,32). The van der Waals surface area contributed by atoms with Gasteiger partial charge in [0.15, 0.2) is 0 Å². The zero-order valence-corrected chi connectivity index (χ0v) is 20.9. The lowest BCUT2D eigenvalue weighted by atomic mass is 10.0. The Labute approximate surface area is 208 Å². The molecular formula is C28H39N3O4. The summed E-state index contributed by atoms with van der Waals surface area (Å²) in [5.41, 5.74) is 1.66. The van der Waals surface area contributed by atoms with Crippen LogP contribution < -0.4 is 15.4 Å². The third kappa shape index (κ3) is 8.57. The number of nitro groups is 1. The van der Waals surface area contributed by atoms with Crippen LogP contribution in [0.4, 0.5) is 11.4 Å². The number of rotatable bonds is 16. The first kappa shape index (κ1) is 26.5. The van der Waals surface area contributed by atoms with Crippen molar-refractivity contribution in [3.8, 4) is 5.75 Å². The predicted octanol–water partition coefficient (Wildman–Crippen LogP) is 7.53. The van der Waals surface area contributed by atoms with Crippen LogP contribution in [0.2, 0.25) is 0 Å². The van der Waals surface area contributed by atoms with Crippen LogP contribution in [0.1, 0.15) is 106 Å². The second kappa shape index (κ2) is 14.3. The molecule has 0 bridgehead atoms. The fourth-order valence-electron chi connectivity index (χ4n) is 4.42. The molecule has 0 saturated carbocycles. The van der Waals surface area contributed by atoms with Crippen molar-refractivity contribution >= 4 is 17.3 Å². The molecule has 1 unspecified atom stereocenters. The van der Waals surface area contributed by atoms with Gasteiger partial charge >= 0.3 is 0 Å². The molecule has 7 nitrogen and oxygen atoms in total. The zero-order chi connectivity index (χ0) is 24.9. The summed E-state index contributed by atoms with van der Waals surface area (Å²) in [4.78, 5) is 23.0. The maximum Gasteiger partial charge on any atom is 0.271 e. The lowest BCUT2D eigenvalue weighted by Crippen LogP contribution is -2.38. The Kier molecular flexibility index (Phi) is 10.9. The molecule has 0 fully saturated rings. The van der Waals surface area contributed by atoms with E-state index in [0.717, 1.165) is 17.7 Å². The summed E-state index contributed by atoms with van der Waals surface area (Å²) in [6, 6.07) is 11.8. The summed E-state index contributed by atoms with van der Waals surface area (Å²) in [7, 11) is 0. The van der Waals surface area contributed by atoms with Crippen molar-refractivity contribution in [2.24, 2.45) is 0 Å². The second-order valence-electron chi connectivity index (χ2n) is 9.34. The van der Waals surface area contributed by atoms with Gasteiger partial charge in [-0.3, -0.25) is 14.9 Å². The first-order valence-corrected chi connectivity index (χ1v) is 13.2. The number of anilines is 1. The minimum absolute atomic E-state index is 0.0498. The molecule has 0 radical (unpaired) electrons. The van der Waals surface area contributed by atoms with Crippen LogP contribution in [-0.4, -0.2) is 17.4 Å². The van der Waals surface area contributed by atoms with Gasteiger partial charge in [-0.25, -0.2) is 0 Å². The number of non-ortho nitro benzene ring substituents is 1. The van der Waals surface area contributed by atoms with Gasteiger partial charge in [0, 0.05) is 12.1 Å². The fraction of sp³-hybridized carbons (Fsp3) is 0.536. The average Bonchev–Trinajstić information content (AvgIpc) is 2.86. The van der Waals surface area contributed by atoms with Crippen molar-refractivity contribution < 1.29 is 14.5 Å². The monoisotopic (exact) mass is 481 g/mol. The maximum absolute atomic E-state index is 12.4. The molecule has 35 heavy (non-hydrogen) atoms. The van der Waals surface area contributed by atoms with Gasteiger partial charge in [-0.05, 0) is 30.2 Å². The number of hydrogen-bond acceptors (Lipinski definition) is 5. The number of fused-ring (bicyclic) bond motifs is 1. The van der Waals surface area contributed by atoms with Crippen LogP contribution in [-0.2, 0) is 0 Å². The van der Waals surface area contributed by atoms with E-state index in [-0.39, 0.29) is 11.6 Å². The molecule has 1 heterocycles. The number of nitro benzene ring substituents is 1. The van der Waals surface area contributed by atoms with Crippen LogP contribution in [0.5, 0.6) is 5.75 Å². The Bertz CT molecular complexity index is 946. The molecule has 0 spiro atoms. The summed E-state index contributed by atoms with van der Waals surface area (Å²) in [6.07, 6.45) is 15.4. The lowest BCUT2D eigenvalue weighted by Gasteiger charge is -2.28. The molecule has 1 amide bonds. The van der Waals surface area contributed by atoms with E-state index in [1.165, 1.54) is 88.8 Å². The summed E-state index contributed by atoms with van der Waals surface area (Å²) < 4.78 is 5.88. The lowest BCUT2D eigenvalue weighted by molar-refractivity contribution is -0.384. The van der Waals surface area contributed by atoms with Crippen LogP contribution >= 0.6 is 0 Å². The van der Waals surface area contributed by atoms with Gasteiger partial charge < -0.3 is 15.4 Å². The van der Waals surface area contributed by atoms with Crippen LogP contribution in [0.3, 0.4) is 0 Å². The van der Waals surface area contributed by atoms with Gasteiger partial charge in [-0.2, -0.15) is 0 Å². The number of unbranched alkanes of at least 4 members (excludes halogenated alkanes) is 11. The summed E-state index contributed by atoms with van der Waals surface area (Å²) >= 11 is 0. The first-order valence-electron chi connectivity index (χ1n) is 13.2. The van der Waals surface area contributed by atoms with Gasteiger partial charge in [-0.1, -0.05) is 89.7 Å². The van der Waals surface area contributed by atoms with Crippen molar-refractivity contribution in [1.82, 2.24) is 5.32 Å². The number of ether oxygens (including phenoxy) is 1. The van der Waals surface area contributed by atoms with E-state index in [4.69, 9.17) is 4.74 Å². The van der Waals surface area contributed by atoms with Crippen molar-refractivity contribution in [3.05, 3.63) is 63.7 Å². The smallest absolute Gasteiger partial charge is 0.271 e. The normalized spacial score (nSPS) is 14.7. The number of nitrogens with one attached hydrogen (secondary N) is 2. The van der Waals surface area contributed by atoms with E-state index in [2.05, 4.69) is 17.6 Å². The average molecular weight is 482 g/mol. The molecule has 0 aromatic heterocycles. The Hall–Kier alpha value is -3.09. The molecule has 2 N–H and O–H groups in total. The quantitative estimate of drug-likeness (QED) is 0.147. The molecule has 7 heteroatoms. The van der Waals surface area contributed by atoms with Gasteiger partial charge in [0.2, 0.25) is 0 Å². The molecule has 1 aliphatic rings.